The number of benzene rings is 1. The van der Waals surface area contributed by atoms with Gasteiger partial charge in [-0.05, 0) is 29.8 Å². The van der Waals surface area contributed by atoms with Gasteiger partial charge in [-0.15, -0.1) is 0 Å². The summed E-state index contributed by atoms with van der Waals surface area (Å²) in [5, 5.41) is 0.522. The minimum absolute atomic E-state index is 0.0810. The normalized spacial score (nSPS) is 11.6. The van der Waals surface area contributed by atoms with Gasteiger partial charge in [0.15, 0.2) is 0 Å². The SMILES string of the molecule is NCc1ccc(Sc2ccccn2)c(C(F)(F)F)c1. The predicted molar refractivity (Wildman–Crippen MR) is 67.7 cm³/mol. The van der Waals surface area contributed by atoms with Gasteiger partial charge >= 0.3 is 6.18 Å². The first-order valence-corrected chi connectivity index (χ1v) is 6.31. The number of nitrogens with zero attached hydrogens (tertiary/aromatic N) is 1. The van der Waals surface area contributed by atoms with E-state index in [-0.39, 0.29) is 11.4 Å². The van der Waals surface area contributed by atoms with Gasteiger partial charge in [0.05, 0.1) is 5.56 Å². The van der Waals surface area contributed by atoms with Crippen molar-refractivity contribution < 1.29 is 13.2 Å². The third-order valence-corrected chi connectivity index (χ3v) is 3.46. The van der Waals surface area contributed by atoms with Crippen LogP contribution in [0.3, 0.4) is 0 Å². The van der Waals surface area contributed by atoms with Crippen molar-refractivity contribution >= 4 is 11.8 Å². The average molecular weight is 284 g/mol. The molecule has 0 fully saturated rings. The summed E-state index contributed by atoms with van der Waals surface area (Å²) in [6, 6.07) is 9.24. The lowest BCUT2D eigenvalue weighted by Crippen LogP contribution is -2.09. The Morgan fingerprint density at radius 1 is 1.16 bits per heavy atom. The van der Waals surface area contributed by atoms with Gasteiger partial charge in [0, 0.05) is 17.6 Å². The van der Waals surface area contributed by atoms with Crippen molar-refractivity contribution in [2.75, 3.05) is 0 Å². The Labute approximate surface area is 112 Å². The highest BCUT2D eigenvalue weighted by atomic mass is 32.2. The van der Waals surface area contributed by atoms with E-state index >= 15 is 0 Å². The highest BCUT2D eigenvalue weighted by Crippen LogP contribution is 2.39. The molecule has 0 saturated carbocycles. The van der Waals surface area contributed by atoms with E-state index in [0.29, 0.717) is 10.6 Å². The van der Waals surface area contributed by atoms with Gasteiger partial charge in [-0.3, -0.25) is 0 Å². The molecule has 0 unspecified atom stereocenters. The Morgan fingerprint density at radius 3 is 2.53 bits per heavy atom. The standard InChI is InChI=1S/C13H11F3N2S/c14-13(15,16)10-7-9(8-17)4-5-11(10)19-12-3-1-2-6-18-12/h1-7H,8,17H2. The third-order valence-electron chi connectivity index (χ3n) is 2.44. The van der Waals surface area contributed by atoms with Crippen molar-refractivity contribution in [1.29, 1.82) is 0 Å². The van der Waals surface area contributed by atoms with Gasteiger partial charge in [0.2, 0.25) is 0 Å². The van der Waals surface area contributed by atoms with Gasteiger partial charge in [-0.2, -0.15) is 13.2 Å². The Hall–Kier alpha value is -1.53. The average Bonchev–Trinajstić information content (AvgIpc) is 2.39. The summed E-state index contributed by atoms with van der Waals surface area (Å²) in [5.74, 6) is 0. The third kappa shape index (κ3) is 3.48. The van der Waals surface area contributed by atoms with Crippen molar-refractivity contribution in [2.45, 2.75) is 22.6 Å². The fourth-order valence-corrected chi connectivity index (χ4v) is 2.44. The maximum Gasteiger partial charge on any atom is 0.417 e. The van der Waals surface area contributed by atoms with E-state index in [1.807, 2.05) is 0 Å². The molecule has 2 rings (SSSR count). The highest BCUT2D eigenvalue weighted by Gasteiger charge is 2.33. The van der Waals surface area contributed by atoms with Crippen molar-refractivity contribution in [3.8, 4) is 0 Å². The maximum absolute atomic E-state index is 13.0. The van der Waals surface area contributed by atoms with Crippen molar-refractivity contribution in [3.05, 3.63) is 53.7 Å². The zero-order valence-electron chi connectivity index (χ0n) is 9.82. The van der Waals surface area contributed by atoms with Gasteiger partial charge in [0.1, 0.15) is 5.03 Å². The quantitative estimate of drug-likeness (QED) is 0.933. The van der Waals surface area contributed by atoms with Crippen molar-refractivity contribution in [3.63, 3.8) is 0 Å². The monoisotopic (exact) mass is 284 g/mol. The molecule has 0 bridgehead atoms. The molecule has 1 aromatic carbocycles. The van der Waals surface area contributed by atoms with Crippen LogP contribution in [0.2, 0.25) is 0 Å². The van der Waals surface area contributed by atoms with E-state index in [1.54, 1.807) is 30.5 Å². The molecule has 0 atom stereocenters. The van der Waals surface area contributed by atoms with E-state index in [4.69, 9.17) is 5.73 Å². The van der Waals surface area contributed by atoms with Crippen LogP contribution in [0.4, 0.5) is 13.2 Å². The number of rotatable bonds is 3. The largest absolute Gasteiger partial charge is 0.417 e. The van der Waals surface area contributed by atoms with Crippen LogP contribution in [0.25, 0.3) is 0 Å². The molecule has 0 spiro atoms. The molecule has 6 heteroatoms. The second-order valence-electron chi connectivity index (χ2n) is 3.80. The molecule has 100 valence electrons. The lowest BCUT2D eigenvalue weighted by molar-refractivity contribution is -0.139. The Bertz CT molecular complexity index is 556. The predicted octanol–water partition coefficient (Wildman–Crippen LogP) is 3.71. The number of hydrogen-bond acceptors (Lipinski definition) is 3. The number of hydrogen-bond donors (Lipinski definition) is 1. The number of nitrogens with two attached hydrogens (primary N) is 1. The Morgan fingerprint density at radius 2 is 1.95 bits per heavy atom. The van der Waals surface area contributed by atoms with Crippen LogP contribution in [0, 0.1) is 0 Å². The van der Waals surface area contributed by atoms with Gasteiger partial charge in [-0.25, -0.2) is 4.98 Å². The van der Waals surface area contributed by atoms with Crippen LogP contribution >= 0.6 is 11.8 Å². The maximum atomic E-state index is 13.0. The molecule has 2 N–H and O–H groups in total. The summed E-state index contributed by atoms with van der Waals surface area (Å²) in [6.07, 6.45) is -2.86. The van der Waals surface area contributed by atoms with Crippen molar-refractivity contribution in [1.82, 2.24) is 4.98 Å². The highest BCUT2D eigenvalue weighted by molar-refractivity contribution is 7.99. The minimum atomic E-state index is -4.40. The first-order chi connectivity index (χ1) is 9.00. The molecule has 0 radical (unpaired) electrons. The van der Waals surface area contributed by atoms with E-state index in [0.717, 1.165) is 17.8 Å². The summed E-state index contributed by atoms with van der Waals surface area (Å²) in [6.45, 7) is 0.0810. The zero-order valence-corrected chi connectivity index (χ0v) is 10.6. The molecule has 0 aliphatic rings. The molecule has 0 saturated heterocycles. The molecule has 0 amide bonds. The Kier molecular flexibility index (Phi) is 4.11. The summed E-state index contributed by atoms with van der Waals surface area (Å²) >= 11 is 0.988. The van der Waals surface area contributed by atoms with E-state index < -0.39 is 11.7 Å². The second-order valence-corrected chi connectivity index (χ2v) is 4.86. The molecule has 19 heavy (non-hydrogen) atoms. The minimum Gasteiger partial charge on any atom is -0.326 e. The summed E-state index contributed by atoms with van der Waals surface area (Å²) < 4.78 is 39.0. The molecular weight excluding hydrogens is 273 g/mol. The fourth-order valence-electron chi connectivity index (χ4n) is 1.53. The van der Waals surface area contributed by atoms with Crippen molar-refractivity contribution in [2.24, 2.45) is 5.73 Å². The van der Waals surface area contributed by atoms with E-state index in [9.17, 15) is 13.2 Å². The lowest BCUT2D eigenvalue weighted by atomic mass is 10.1. The van der Waals surface area contributed by atoms with Crippen LogP contribution in [0.1, 0.15) is 11.1 Å². The molecular formula is C13H11F3N2S. The Balaban J connectivity index is 2.40. The fraction of sp³-hybridized carbons (Fsp3) is 0.154. The topological polar surface area (TPSA) is 38.9 Å². The molecule has 1 heterocycles. The number of halogens is 3. The first kappa shape index (κ1) is 13.9. The number of aromatic nitrogens is 1. The summed E-state index contributed by atoms with van der Waals surface area (Å²) in [7, 11) is 0. The second kappa shape index (κ2) is 5.63. The van der Waals surface area contributed by atoms with E-state index in [1.165, 1.54) is 6.07 Å². The summed E-state index contributed by atoms with van der Waals surface area (Å²) in [4.78, 5) is 4.14. The van der Waals surface area contributed by atoms with Gasteiger partial charge in [-0.1, -0.05) is 23.9 Å². The van der Waals surface area contributed by atoms with Gasteiger partial charge < -0.3 is 5.73 Å². The molecule has 0 aliphatic carbocycles. The van der Waals surface area contributed by atoms with Crippen LogP contribution < -0.4 is 5.73 Å². The summed E-state index contributed by atoms with van der Waals surface area (Å²) in [5.41, 5.74) is 5.16. The molecule has 2 nitrogen and oxygen atoms in total. The smallest absolute Gasteiger partial charge is 0.326 e. The number of alkyl halides is 3. The molecule has 1 aromatic heterocycles. The molecule has 2 aromatic rings. The van der Waals surface area contributed by atoms with Crippen LogP contribution in [-0.4, -0.2) is 4.98 Å². The van der Waals surface area contributed by atoms with E-state index in [2.05, 4.69) is 4.98 Å². The molecule has 0 aliphatic heterocycles. The van der Waals surface area contributed by atoms with Crippen LogP contribution in [-0.2, 0) is 12.7 Å². The lowest BCUT2D eigenvalue weighted by Gasteiger charge is -2.13. The van der Waals surface area contributed by atoms with Crippen LogP contribution in [0.15, 0.2) is 52.5 Å². The first-order valence-electron chi connectivity index (χ1n) is 5.50. The zero-order chi connectivity index (χ0) is 13.9. The number of pyridine rings is 1. The van der Waals surface area contributed by atoms with Gasteiger partial charge in [0.25, 0.3) is 0 Å². The van der Waals surface area contributed by atoms with Crippen LogP contribution in [0.5, 0.6) is 0 Å².